The van der Waals surface area contributed by atoms with Gasteiger partial charge in [0.1, 0.15) is 6.21 Å². The van der Waals surface area contributed by atoms with Crippen LogP contribution in [0.4, 0.5) is 0 Å². The van der Waals surface area contributed by atoms with Crippen molar-refractivity contribution in [2.75, 3.05) is 14.2 Å². The summed E-state index contributed by atoms with van der Waals surface area (Å²) < 4.78 is 12.1. The molecule has 4 heteroatoms. The Balaban J connectivity index is 2.22. The monoisotopic (exact) mass is 243 g/mol. The third kappa shape index (κ3) is 2.85. The van der Waals surface area contributed by atoms with Gasteiger partial charge in [-0.15, -0.1) is 0 Å². The van der Waals surface area contributed by atoms with Gasteiger partial charge < -0.3 is 9.47 Å². The normalized spacial score (nSPS) is 10.6. The van der Waals surface area contributed by atoms with E-state index in [9.17, 15) is 0 Å². The molecular formula is C14H15N2O2+. The highest BCUT2D eigenvalue weighted by atomic mass is 16.5. The predicted octanol–water partition coefficient (Wildman–Crippen LogP) is 1.87. The largest absolute Gasteiger partial charge is 0.493 e. The van der Waals surface area contributed by atoms with Gasteiger partial charge in [-0.1, -0.05) is 10.7 Å². The first-order valence-electron chi connectivity index (χ1n) is 5.56. The Bertz CT molecular complexity index is 539. The van der Waals surface area contributed by atoms with E-state index < -0.39 is 0 Å². The highest BCUT2D eigenvalue weighted by Gasteiger charge is 2.03. The van der Waals surface area contributed by atoms with Crippen molar-refractivity contribution >= 4 is 6.21 Å². The van der Waals surface area contributed by atoms with Crippen molar-refractivity contribution in [2.45, 2.75) is 0 Å². The fourth-order valence-electron chi connectivity index (χ4n) is 1.53. The van der Waals surface area contributed by atoms with Crippen LogP contribution in [0.3, 0.4) is 0 Å². The Hall–Kier alpha value is -2.36. The fourth-order valence-corrected chi connectivity index (χ4v) is 1.53. The van der Waals surface area contributed by atoms with Crippen molar-refractivity contribution in [1.29, 1.82) is 0 Å². The molecule has 0 radical (unpaired) electrons. The molecule has 1 aromatic carbocycles. The molecular weight excluding hydrogens is 228 g/mol. The maximum absolute atomic E-state index is 5.24. The molecule has 0 fully saturated rings. The average molecular weight is 243 g/mol. The van der Waals surface area contributed by atoms with E-state index in [0.717, 1.165) is 5.56 Å². The summed E-state index contributed by atoms with van der Waals surface area (Å²) in [6.07, 6.45) is 5.51. The van der Waals surface area contributed by atoms with E-state index in [1.807, 2.05) is 48.8 Å². The summed E-state index contributed by atoms with van der Waals surface area (Å²) in [6, 6.07) is 11.5. The lowest BCUT2D eigenvalue weighted by atomic mass is 10.2. The molecule has 0 amide bonds. The summed E-state index contributed by atoms with van der Waals surface area (Å²) in [6.45, 7) is 0. The molecule has 2 aromatic rings. The van der Waals surface area contributed by atoms with E-state index in [2.05, 4.69) is 5.10 Å². The zero-order valence-electron chi connectivity index (χ0n) is 10.4. The number of nitrogens with zero attached hydrogens (tertiary/aromatic N) is 2. The second-order valence-electron chi connectivity index (χ2n) is 3.61. The molecule has 0 aliphatic rings. The number of rotatable bonds is 4. The molecule has 0 bridgehead atoms. The molecule has 2 rings (SSSR count). The van der Waals surface area contributed by atoms with Gasteiger partial charge in [0.05, 0.1) is 14.2 Å². The molecule has 1 heterocycles. The predicted molar refractivity (Wildman–Crippen MR) is 69.2 cm³/mol. The smallest absolute Gasteiger partial charge is 0.202 e. The maximum Gasteiger partial charge on any atom is 0.202 e. The Morgan fingerprint density at radius 3 is 2.39 bits per heavy atom. The zero-order valence-corrected chi connectivity index (χ0v) is 10.4. The SMILES string of the molecule is COc1ccc(C=N[n+]2ccccc2)cc1OC. The topological polar surface area (TPSA) is 34.7 Å². The number of hydrogen-bond acceptors (Lipinski definition) is 3. The average Bonchev–Trinajstić information content (AvgIpc) is 2.45. The van der Waals surface area contributed by atoms with Crippen LogP contribution < -0.4 is 14.1 Å². The van der Waals surface area contributed by atoms with Gasteiger partial charge in [0.25, 0.3) is 0 Å². The molecule has 18 heavy (non-hydrogen) atoms. The number of aromatic nitrogens is 1. The Morgan fingerprint density at radius 1 is 1.00 bits per heavy atom. The lowest BCUT2D eigenvalue weighted by molar-refractivity contribution is -0.678. The standard InChI is InChI=1S/C14H15N2O2/c1-17-13-7-6-12(10-14(13)18-2)11-15-16-8-4-3-5-9-16/h3-11H,1-2H3/q+1. The summed E-state index contributed by atoms with van der Waals surface area (Å²) in [5, 5.41) is 4.30. The summed E-state index contributed by atoms with van der Waals surface area (Å²) in [5.74, 6) is 1.40. The van der Waals surface area contributed by atoms with E-state index in [4.69, 9.17) is 9.47 Å². The lowest BCUT2D eigenvalue weighted by Gasteiger charge is -2.06. The van der Waals surface area contributed by atoms with Crippen molar-refractivity contribution in [2.24, 2.45) is 5.10 Å². The van der Waals surface area contributed by atoms with Crippen molar-refractivity contribution < 1.29 is 14.1 Å². The van der Waals surface area contributed by atoms with Gasteiger partial charge in [0.2, 0.25) is 12.4 Å². The van der Waals surface area contributed by atoms with E-state index >= 15 is 0 Å². The van der Waals surface area contributed by atoms with E-state index in [1.54, 1.807) is 25.1 Å². The van der Waals surface area contributed by atoms with Crippen LogP contribution in [0, 0.1) is 0 Å². The number of pyridine rings is 1. The van der Waals surface area contributed by atoms with Crippen molar-refractivity contribution in [3.05, 3.63) is 54.4 Å². The van der Waals surface area contributed by atoms with Crippen LogP contribution in [0.5, 0.6) is 11.5 Å². The van der Waals surface area contributed by atoms with Crippen molar-refractivity contribution in [3.8, 4) is 11.5 Å². The Labute approximate surface area is 106 Å². The van der Waals surface area contributed by atoms with Crippen molar-refractivity contribution in [1.82, 2.24) is 0 Å². The first kappa shape index (κ1) is 12.1. The molecule has 1 aromatic heterocycles. The van der Waals surface area contributed by atoms with Gasteiger partial charge in [0.15, 0.2) is 11.5 Å². The number of benzene rings is 1. The minimum atomic E-state index is 0.694. The summed E-state index contributed by atoms with van der Waals surface area (Å²) in [7, 11) is 3.23. The molecule has 0 N–H and O–H groups in total. The Kier molecular flexibility index (Phi) is 3.91. The highest BCUT2D eigenvalue weighted by molar-refractivity contribution is 5.80. The molecule has 4 nitrogen and oxygen atoms in total. The third-order valence-corrected chi connectivity index (χ3v) is 2.45. The molecule has 0 saturated carbocycles. The summed E-state index contributed by atoms with van der Waals surface area (Å²) in [5.41, 5.74) is 0.948. The van der Waals surface area contributed by atoms with Crippen LogP contribution in [0.2, 0.25) is 0 Å². The highest BCUT2D eigenvalue weighted by Crippen LogP contribution is 2.26. The van der Waals surface area contributed by atoms with E-state index in [-0.39, 0.29) is 0 Å². The molecule has 0 aliphatic carbocycles. The van der Waals surface area contributed by atoms with Crippen molar-refractivity contribution in [3.63, 3.8) is 0 Å². The van der Waals surface area contributed by atoms with Gasteiger partial charge in [-0.25, -0.2) is 0 Å². The minimum absolute atomic E-state index is 0.694. The van der Waals surface area contributed by atoms with Gasteiger partial charge in [-0.3, -0.25) is 0 Å². The van der Waals surface area contributed by atoms with Gasteiger partial charge in [-0.05, 0) is 23.3 Å². The van der Waals surface area contributed by atoms with Crippen LogP contribution in [-0.2, 0) is 0 Å². The number of ether oxygens (including phenoxy) is 2. The van der Waals surface area contributed by atoms with E-state index in [0.29, 0.717) is 11.5 Å². The Morgan fingerprint density at radius 2 is 1.72 bits per heavy atom. The number of methoxy groups -OCH3 is 2. The molecule has 0 spiro atoms. The first-order chi connectivity index (χ1) is 8.83. The molecule has 0 aliphatic heterocycles. The summed E-state index contributed by atoms with van der Waals surface area (Å²) in [4.78, 5) is 0. The van der Waals surface area contributed by atoms with Crippen LogP contribution in [0.1, 0.15) is 5.56 Å². The summed E-state index contributed by atoms with van der Waals surface area (Å²) >= 11 is 0. The second kappa shape index (κ2) is 5.82. The molecule has 0 atom stereocenters. The maximum atomic E-state index is 5.24. The molecule has 92 valence electrons. The molecule has 0 saturated heterocycles. The fraction of sp³-hybridized carbons (Fsp3) is 0.143. The third-order valence-electron chi connectivity index (χ3n) is 2.45. The van der Waals surface area contributed by atoms with Crippen LogP contribution in [0.25, 0.3) is 0 Å². The van der Waals surface area contributed by atoms with Gasteiger partial charge >= 0.3 is 0 Å². The van der Waals surface area contributed by atoms with Crippen LogP contribution in [0.15, 0.2) is 53.9 Å². The zero-order chi connectivity index (χ0) is 12.8. The van der Waals surface area contributed by atoms with E-state index in [1.165, 1.54) is 0 Å². The quantitative estimate of drug-likeness (QED) is 0.607. The lowest BCUT2D eigenvalue weighted by Crippen LogP contribution is -2.25. The second-order valence-corrected chi connectivity index (χ2v) is 3.61. The molecule has 0 unspecified atom stereocenters. The van der Waals surface area contributed by atoms with Crippen LogP contribution in [-0.4, -0.2) is 20.4 Å². The van der Waals surface area contributed by atoms with Gasteiger partial charge in [-0.2, -0.15) is 0 Å². The van der Waals surface area contributed by atoms with Gasteiger partial charge in [0, 0.05) is 17.7 Å². The van der Waals surface area contributed by atoms with Crippen LogP contribution >= 0.6 is 0 Å². The minimum Gasteiger partial charge on any atom is -0.493 e. The number of hydrogen-bond donors (Lipinski definition) is 0. The first-order valence-corrected chi connectivity index (χ1v) is 5.56.